The first kappa shape index (κ1) is 19.9. The zero-order valence-corrected chi connectivity index (χ0v) is 16.0. The van der Waals surface area contributed by atoms with Gasteiger partial charge in [-0.25, -0.2) is 4.39 Å². The molecule has 0 saturated heterocycles. The van der Waals surface area contributed by atoms with Crippen molar-refractivity contribution in [2.24, 2.45) is 5.73 Å². The van der Waals surface area contributed by atoms with Crippen molar-refractivity contribution in [2.45, 2.75) is 31.0 Å². The molecule has 3 rings (SSSR count). The third kappa shape index (κ3) is 5.85. The molecule has 28 heavy (non-hydrogen) atoms. The highest BCUT2D eigenvalue weighted by Gasteiger charge is 2.15. The maximum absolute atomic E-state index is 12.9. The number of aromatic nitrogens is 3. The van der Waals surface area contributed by atoms with Gasteiger partial charge in [-0.05, 0) is 42.8 Å². The summed E-state index contributed by atoms with van der Waals surface area (Å²) < 4.78 is 25.8. The highest BCUT2D eigenvalue weighted by molar-refractivity contribution is 7.99. The van der Waals surface area contributed by atoms with Crippen LogP contribution in [0.4, 0.5) is 4.39 Å². The van der Waals surface area contributed by atoms with Crippen molar-refractivity contribution in [1.82, 2.24) is 14.8 Å². The molecule has 148 valence electrons. The van der Waals surface area contributed by atoms with Crippen molar-refractivity contribution >= 4 is 17.7 Å². The number of furan rings is 1. The van der Waals surface area contributed by atoms with Crippen LogP contribution >= 0.6 is 11.8 Å². The van der Waals surface area contributed by atoms with Crippen LogP contribution in [0, 0.1) is 5.82 Å². The molecule has 2 aromatic heterocycles. The fourth-order valence-electron chi connectivity index (χ4n) is 2.51. The summed E-state index contributed by atoms with van der Waals surface area (Å²) in [7, 11) is 0. The van der Waals surface area contributed by atoms with Crippen molar-refractivity contribution in [2.75, 3.05) is 12.4 Å². The Balaban J connectivity index is 1.54. The maximum Gasteiger partial charge on any atom is 0.217 e. The van der Waals surface area contributed by atoms with Crippen LogP contribution in [0.3, 0.4) is 0 Å². The molecule has 0 saturated carbocycles. The number of halogens is 1. The molecule has 2 heterocycles. The van der Waals surface area contributed by atoms with E-state index in [-0.39, 0.29) is 18.1 Å². The Kier molecular flexibility index (Phi) is 7.07. The number of benzene rings is 1. The molecule has 0 radical (unpaired) electrons. The van der Waals surface area contributed by atoms with E-state index >= 15 is 0 Å². The summed E-state index contributed by atoms with van der Waals surface area (Å²) in [5, 5.41) is 9.19. The lowest BCUT2D eigenvalue weighted by atomic mass is 10.3. The van der Waals surface area contributed by atoms with E-state index < -0.39 is 0 Å². The van der Waals surface area contributed by atoms with Crippen LogP contribution in [0.1, 0.15) is 24.4 Å². The number of hydrogen-bond donors (Lipinski definition) is 1. The van der Waals surface area contributed by atoms with Crippen LogP contribution in [0.25, 0.3) is 0 Å². The summed E-state index contributed by atoms with van der Waals surface area (Å²) in [5.41, 5.74) is 5.25. The van der Waals surface area contributed by atoms with Crippen LogP contribution in [0.2, 0.25) is 0 Å². The standard InChI is InChI=1S/C19H21FN4O3S/c20-14-4-6-15(7-5-14)26-11-2-12-28-19-23-22-18(9-8-17(21)25)24(19)13-16-3-1-10-27-16/h1,3-7,10H,2,8-9,11-13H2,(H2,21,25). The molecule has 0 atom stereocenters. The number of amides is 1. The lowest BCUT2D eigenvalue weighted by molar-refractivity contribution is -0.118. The zero-order valence-electron chi connectivity index (χ0n) is 15.2. The number of rotatable bonds is 11. The van der Waals surface area contributed by atoms with Crippen LogP contribution in [0.15, 0.2) is 52.2 Å². The summed E-state index contributed by atoms with van der Waals surface area (Å²) in [6.07, 6.45) is 3.04. The number of carbonyl (C=O) groups excluding carboxylic acids is 1. The molecule has 0 spiro atoms. The second-order valence-corrected chi connectivity index (χ2v) is 7.10. The average Bonchev–Trinajstić information content (AvgIpc) is 3.32. The lowest BCUT2D eigenvalue weighted by Crippen LogP contribution is -2.14. The smallest absolute Gasteiger partial charge is 0.217 e. The molecule has 2 N–H and O–H groups in total. The Bertz CT molecular complexity index is 881. The molecule has 1 amide bonds. The molecule has 0 fully saturated rings. The van der Waals surface area contributed by atoms with Gasteiger partial charge in [0.05, 0.1) is 19.4 Å². The fourth-order valence-corrected chi connectivity index (χ4v) is 3.38. The second-order valence-electron chi connectivity index (χ2n) is 6.04. The number of carbonyl (C=O) groups is 1. The van der Waals surface area contributed by atoms with E-state index in [0.29, 0.717) is 31.1 Å². The fraction of sp³-hybridized carbons (Fsp3) is 0.316. The molecular weight excluding hydrogens is 383 g/mol. The predicted octanol–water partition coefficient (Wildman–Crippen LogP) is 3.04. The highest BCUT2D eigenvalue weighted by atomic mass is 32.2. The normalized spacial score (nSPS) is 10.9. The van der Waals surface area contributed by atoms with E-state index in [2.05, 4.69) is 10.2 Å². The largest absolute Gasteiger partial charge is 0.494 e. The van der Waals surface area contributed by atoms with Gasteiger partial charge >= 0.3 is 0 Å². The molecule has 3 aromatic rings. The molecule has 7 nitrogen and oxygen atoms in total. The Labute approximate surface area is 166 Å². The molecule has 0 aliphatic heterocycles. The van der Waals surface area contributed by atoms with Crippen molar-refractivity contribution in [3.05, 3.63) is 60.1 Å². The summed E-state index contributed by atoms with van der Waals surface area (Å²) >= 11 is 1.55. The predicted molar refractivity (Wildman–Crippen MR) is 103 cm³/mol. The molecule has 0 bridgehead atoms. The number of nitrogens with two attached hydrogens (primary N) is 1. The summed E-state index contributed by atoms with van der Waals surface area (Å²) in [4.78, 5) is 11.1. The Hall–Kier alpha value is -2.81. The van der Waals surface area contributed by atoms with Gasteiger partial charge in [0.2, 0.25) is 5.91 Å². The number of ether oxygens (including phenoxy) is 1. The molecule has 0 unspecified atom stereocenters. The van der Waals surface area contributed by atoms with E-state index in [0.717, 1.165) is 23.1 Å². The van der Waals surface area contributed by atoms with Gasteiger partial charge in [-0.1, -0.05) is 11.8 Å². The molecular formula is C19H21FN4O3S. The van der Waals surface area contributed by atoms with Gasteiger partial charge < -0.3 is 14.9 Å². The van der Waals surface area contributed by atoms with E-state index in [4.69, 9.17) is 14.9 Å². The summed E-state index contributed by atoms with van der Waals surface area (Å²) in [6.45, 7) is 1.00. The van der Waals surface area contributed by atoms with Gasteiger partial charge in [-0.2, -0.15) is 0 Å². The first-order valence-corrected chi connectivity index (χ1v) is 9.84. The topological polar surface area (TPSA) is 96.2 Å². The van der Waals surface area contributed by atoms with Gasteiger partial charge in [-0.15, -0.1) is 10.2 Å². The number of hydrogen-bond acceptors (Lipinski definition) is 6. The summed E-state index contributed by atoms with van der Waals surface area (Å²) in [6, 6.07) is 9.65. The van der Waals surface area contributed by atoms with E-state index in [1.54, 1.807) is 30.2 Å². The average molecular weight is 404 g/mol. The number of primary amides is 1. The van der Waals surface area contributed by atoms with Crippen molar-refractivity contribution in [3.8, 4) is 5.75 Å². The number of aryl methyl sites for hydroxylation is 1. The highest BCUT2D eigenvalue weighted by Crippen LogP contribution is 2.21. The minimum absolute atomic E-state index is 0.215. The van der Waals surface area contributed by atoms with Gasteiger partial charge in [0.25, 0.3) is 0 Å². The number of thioether (sulfide) groups is 1. The van der Waals surface area contributed by atoms with Crippen LogP contribution in [-0.4, -0.2) is 33.0 Å². The molecule has 9 heteroatoms. The zero-order chi connectivity index (χ0) is 19.8. The van der Waals surface area contributed by atoms with Crippen LogP contribution < -0.4 is 10.5 Å². The third-order valence-electron chi connectivity index (χ3n) is 3.88. The van der Waals surface area contributed by atoms with Crippen molar-refractivity contribution < 1.29 is 18.3 Å². The van der Waals surface area contributed by atoms with Crippen molar-refractivity contribution in [3.63, 3.8) is 0 Å². The SMILES string of the molecule is NC(=O)CCc1nnc(SCCCOc2ccc(F)cc2)n1Cc1ccco1. The van der Waals surface area contributed by atoms with E-state index in [9.17, 15) is 9.18 Å². The minimum atomic E-state index is -0.375. The minimum Gasteiger partial charge on any atom is -0.494 e. The maximum atomic E-state index is 12.9. The first-order chi connectivity index (χ1) is 13.6. The van der Waals surface area contributed by atoms with Crippen molar-refractivity contribution in [1.29, 1.82) is 0 Å². The quantitative estimate of drug-likeness (QED) is 0.390. The Morgan fingerprint density at radius 1 is 1.25 bits per heavy atom. The Morgan fingerprint density at radius 3 is 2.79 bits per heavy atom. The van der Waals surface area contributed by atoms with E-state index in [1.165, 1.54) is 12.1 Å². The van der Waals surface area contributed by atoms with Gasteiger partial charge in [0.15, 0.2) is 5.16 Å². The molecule has 1 aromatic carbocycles. The van der Waals surface area contributed by atoms with Crippen LogP contribution in [0.5, 0.6) is 5.75 Å². The van der Waals surface area contributed by atoms with Gasteiger partial charge in [-0.3, -0.25) is 9.36 Å². The monoisotopic (exact) mass is 404 g/mol. The van der Waals surface area contributed by atoms with Gasteiger partial charge in [0.1, 0.15) is 23.2 Å². The van der Waals surface area contributed by atoms with Gasteiger partial charge in [0, 0.05) is 18.6 Å². The second kappa shape index (κ2) is 9.93. The van der Waals surface area contributed by atoms with Crippen LogP contribution in [-0.2, 0) is 17.8 Å². The lowest BCUT2D eigenvalue weighted by Gasteiger charge is -2.09. The van der Waals surface area contributed by atoms with E-state index in [1.807, 2.05) is 16.7 Å². The number of nitrogens with zero attached hydrogens (tertiary/aromatic N) is 3. The molecule has 0 aliphatic rings. The summed E-state index contributed by atoms with van der Waals surface area (Å²) in [5.74, 6) is 2.22. The third-order valence-corrected chi connectivity index (χ3v) is 4.94. The first-order valence-electron chi connectivity index (χ1n) is 8.86. The Morgan fingerprint density at radius 2 is 2.07 bits per heavy atom. The molecule has 0 aliphatic carbocycles.